The highest BCUT2D eigenvalue weighted by Crippen LogP contribution is 2.31. The summed E-state index contributed by atoms with van der Waals surface area (Å²) < 4.78 is 32.9. The van der Waals surface area contributed by atoms with Gasteiger partial charge < -0.3 is 9.72 Å². The quantitative estimate of drug-likeness (QED) is 0.396. The molecule has 0 radical (unpaired) electrons. The van der Waals surface area contributed by atoms with Crippen molar-refractivity contribution in [2.75, 3.05) is 25.2 Å². The molecule has 1 atom stereocenters. The van der Waals surface area contributed by atoms with Crippen molar-refractivity contribution < 1.29 is 13.2 Å². The summed E-state index contributed by atoms with van der Waals surface area (Å²) in [6, 6.07) is 8.15. The zero-order valence-corrected chi connectivity index (χ0v) is 17.9. The summed E-state index contributed by atoms with van der Waals surface area (Å²) in [6.07, 6.45) is 6.15. The third-order valence-corrected chi connectivity index (χ3v) is 6.66. The molecule has 1 aliphatic rings. The monoisotopic (exact) mass is 435 g/mol. The fraction of sp³-hybridized carbons (Fsp3) is 0.474. The van der Waals surface area contributed by atoms with Crippen molar-refractivity contribution in [3.05, 3.63) is 30.5 Å². The van der Waals surface area contributed by atoms with Gasteiger partial charge in [-0.25, -0.2) is 13.1 Å². The zero-order valence-electron chi connectivity index (χ0n) is 16.3. The van der Waals surface area contributed by atoms with Gasteiger partial charge in [0.05, 0.1) is 18.9 Å². The molecule has 10 heteroatoms. The van der Waals surface area contributed by atoms with E-state index in [4.69, 9.17) is 4.74 Å². The third kappa shape index (κ3) is 5.00. The van der Waals surface area contributed by atoms with E-state index in [0.29, 0.717) is 19.5 Å². The van der Waals surface area contributed by atoms with Crippen LogP contribution in [0.3, 0.4) is 0 Å². The fourth-order valence-electron chi connectivity index (χ4n) is 3.50. The van der Waals surface area contributed by atoms with Crippen molar-refractivity contribution >= 4 is 32.7 Å². The number of ether oxygens (including phenoxy) is 1. The van der Waals surface area contributed by atoms with Crippen molar-refractivity contribution in [1.29, 1.82) is 0 Å². The number of nitrogens with zero attached hydrogens (tertiary/aromatic N) is 3. The Morgan fingerprint density at radius 2 is 2.21 bits per heavy atom. The van der Waals surface area contributed by atoms with Gasteiger partial charge in [-0.1, -0.05) is 30.0 Å². The van der Waals surface area contributed by atoms with Crippen molar-refractivity contribution in [3.63, 3.8) is 0 Å². The smallest absolute Gasteiger partial charge is 0.208 e. The zero-order chi connectivity index (χ0) is 20.3. The number of hydrogen-bond acceptors (Lipinski definition) is 6. The van der Waals surface area contributed by atoms with Crippen molar-refractivity contribution in [2.45, 2.75) is 37.1 Å². The largest absolute Gasteiger partial charge is 0.376 e. The van der Waals surface area contributed by atoms with Crippen LogP contribution in [0.5, 0.6) is 0 Å². The molecule has 0 bridgehead atoms. The molecule has 1 aromatic carbocycles. The summed E-state index contributed by atoms with van der Waals surface area (Å²) in [5, 5.41) is 10.9. The molecule has 1 aliphatic heterocycles. The van der Waals surface area contributed by atoms with Gasteiger partial charge in [-0.2, -0.15) is 0 Å². The van der Waals surface area contributed by atoms with Gasteiger partial charge in [0.1, 0.15) is 0 Å². The van der Waals surface area contributed by atoms with Gasteiger partial charge in [-0.15, -0.1) is 10.2 Å². The van der Waals surface area contributed by atoms with Crippen LogP contribution in [-0.2, 0) is 21.3 Å². The van der Waals surface area contributed by atoms with Crippen LogP contribution in [-0.4, -0.2) is 59.4 Å². The van der Waals surface area contributed by atoms with Crippen LogP contribution in [0.1, 0.15) is 19.3 Å². The summed E-state index contributed by atoms with van der Waals surface area (Å²) in [6.45, 7) is 1.93. The summed E-state index contributed by atoms with van der Waals surface area (Å²) in [5.74, 6) is 1.58. The first-order chi connectivity index (χ1) is 14.0. The first-order valence-electron chi connectivity index (χ1n) is 9.70. The average molecular weight is 436 g/mol. The standard InChI is InChI=1S/C19H25N5O3S2/c1-29(25,26)21-9-5-11-28-19-23-22-18(24(19)13-14-6-4-10-27-14)16-12-20-17-8-3-2-7-15(16)17/h2-3,7-8,12,14,20-21H,4-6,9-11,13H2,1H3. The maximum atomic E-state index is 11.2. The molecule has 29 heavy (non-hydrogen) atoms. The Balaban J connectivity index is 1.55. The number of aromatic nitrogens is 4. The van der Waals surface area contributed by atoms with Gasteiger partial charge in [0, 0.05) is 41.6 Å². The lowest BCUT2D eigenvalue weighted by Crippen LogP contribution is -2.23. The molecule has 3 heterocycles. The Morgan fingerprint density at radius 1 is 1.34 bits per heavy atom. The molecule has 4 rings (SSSR count). The van der Waals surface area contributed by atoms with E-state index in [0.717, 1.165) is 52.6 Å². The summed E-state index contributed by atoms with van der Waals surface area (Å²) in [5.41, 5.74) is 2.09. The van der Waals surface area contributed by atoms with Gasteiger partial charge in [-0.05, 0) is 25.3 Å². The second-order valence-corrected chi connectivity index (χ2v) is 10.1. The molecule has 1 saturated heterocycles. The maximum absolute atomic E-state index is 11.2. The molecule has 1 fully saturated rings. The first-order valence-corrected chi connectivity index (χ1v) is 12.6. The summed E-state index contributed by atoms with van der Waals surface area (Å²) in [7, 11) is -3.15. The third-order valence-electron chi connectivity index (χ3n) is 4.87. The molecule has 0 aliphatic carbocycles. The van der Waals surface area contributed by atoms with Crippen molar-refractivity contribution in [2.24, 2.45) is 0 Å². The molecular formula is C19H25N5O3S2. The number of para-hydroxylation sites is 1. The highest BCUT2D eigenvalue weighted by molar-refractivity contribution is 7.99. The number of thioether (sulfide) groups is 1. The minimum Gasteiger partial charge on any atom is -0.376 e. The number of rotatable bonds is 9. The van der Waals surface area contributed by atoms with Gasteiger partial charge in [0.15, 0.2) is 11.0 Å². The van der Waals surface area contributed by atoms with E-state index in [9.17, 15) is 8.42 Å². The van der Waals surface area contributed by atoms with E-state index in [1.165, 1.54) is 6.26 Å². The average Bonchev–Trinajstić information content (AvgIpc) is 3.41. The number of hydrogen-bond donors (Lipinski definition) is 2. The van der Waals surface area contributed by atoms with Crippen LogP contribution < -0.4 is 4.72 Å². The van der Waals surface area contributed by atoms with Crippen LogP contribution in [0.2, 0.25) is 0 Å². The Kier molecular flexibility index (Phi) is 6.23. The highest BCUT2D eigenvalue weighted by atomic mass is 32.2. The molecular weight excluding hydrogens is 410 g/mol. The minimum atomic E-state index is -3.15. The summed E-state index contributed by atoms with van der Waals surface area (Å²) >= 11 is 1.59. The number of sulfonamides is 1. The molecule has 3 aromatic rings. The van der Waals surface area contributed by atoms with Crippen LogP contribution in [0.25, 0.3) is 22.3 Å². The minimum absolute atomic E-state index is 0.168. The van der Waals surface area contributed by atoms with Gasteiger partial charge in [0.25, 0.3) is 0 Å². The Morgan fingerprint density at radius 3 is 3.00 bits per heavy atom. The van der Waals surface area contributed by atoms with Gasteiger partial charge >= 0.3 is 0 Å². The molecule has 2 N–H and O–H groups in total. The first kappa shape index (κ1) is 20.4. The lowest BCUT2D eigenvalue weighted by molar-refractivity contribution is 0.0953. The van der Waals surface area contributed by atoms with E-state index < -0.39 is 10.0 Å². The predicted molar refractivity (Wildman–Crippen MR) is 114 cm³/mol. The number of fused-ring (bicyclic) bond motifs is 1. The number of H-pyrrole nitrogens is 1. The van der Waals surface area contributed by atoms with E-state index in [1.54, 1.807) is 11.8 Å². The van der Waals surface area contributed by atoms with E-state index >= 15 is 0 Å². The maximum Gasteiger partial charge on any atom is 0.208 e. The normalized spacial score (nSPS) is 17.3. The van der Waals surface area contributed by atoms with E-state index in [-0.39, 0.29) is 6.10 Å². The van der Waals surface area contributed by atoms with E-state index in [2.05, 4.69) is 30.5 Å². The Hall–Kier alpha value is -1.88. The second kappa shape index (κ2) is 8.86. The summed E-state index contributed by atoms with van der Waals surface area (Å²) in [4.78, 5) is 3.31. The lowest BCUT2D eigenvalue weighted by atomic mass is 10.1. The van der Waals surface area contributed by atoms with Crippen molar-refractivity contribution in [1.82, 2.24) is 24.5 Å². The lowest BCUT2D eigenvalue weighted by Gasteiger charge is -2.14. The molecule has 0 spiro atoms. The predicted octanol–water partition coefficient (Wildman–Crippen LogP) is 2.64. The molecule has 0 saturated carbocycles. The SMILES string of the molecule is CS(=O)(=O)NCCCSc1nnc(-c2c[nH]c3ccccc23)n1CC1CCCO1. The second-order valence-electron chi connectivity index (χ2n) is 7.17. The topological polar surface area (TPSA) is 102 Å². The van der Waals surface area contributed by atoms with Crippen molar-refractivity contribution in [3.8, 4) is 11.4 Å². The number of benzene rings is 1. The number of aromatic amines is 1. The molecule has 0 amide bonds. The van der Waals surface area contributed by atoms with Gasteiger partial charge in [-0.3, -0.25) is 4.57 Å². The van der Waals surface area contributed by atoms with Crippen LogP contribution >= 0.6 is 11.8 Å². The molecule has 1 unspecified atom stereocenters. The van der Waals surface area contributed by atoms with Crippen LogP contribution in [0.4, 0.5) is 0 Å². The molecule has 156 valence electrons. The molecule has 2 aromatic heterocycles. The Bertz CT molecular complexity index is 1070. The van der Waals surface area contributed by atoms with Gasteiger partial charge in [0.2, 0.25) is 10.0 Å². The van der Waals surface area contributed by atoms with Crippen LogP contribution in [0.15, 0.2) is 35.6 Å². The highest BCUT2D eigenvalue weighted by Gasteiger charge is 2.23. The Labute approximate surface area is 174 Å². The van der Waals surface area contributed by atoms with E-state index in [1.807, 2.05) is 24.4 Å². The fourth-order valence-corrected chi connectivity index (χ4v) is 4.90. The number of nitrogens with one attached hydrogen (secondary N) is 2. The molecule has 8 nitrogen and oxygen atoms in total. The van der Waals surface area contributed by atoms with Crippen LogP contribution in [0, 0.1) is 0 Å².